The van der Waals surface area contributed by atoms with E-state index in [0.717, 1.165) is 45.6 Å². The molecule has 1 heterocycles. The zero-order valence-electron chi connectivity index (χ0n) is 14.0. The highest BCUT2D eigenvalue weighted by Gasteiger charge is 2.32. The maximum atomic E-state index is 12.1. The molecule has 1 N–H and O–H groups in total. The van der Waals surface area contributed by atoms with E-state index < -0.39 is 5.54 Å². The predicted molar refractivity (Wildman–Crippen MR) is 84.8 cm³/mol. The summed E-state index contributed by atoms with van der Waals surface area (Å²) >= 11 is 0. The van der Waals surface area contributed by atoms with Gasteiger partial charge in [-0.05, 0) is 27.2 Å². The van der Waals surface area contributed by atoms with Crippen molar-refractivity contribution < 1.29 is 4.79 Å². The third-order valence-electron chi connectivity index (χ3n) is 4.39. The smallest absolute Gasteiger partial charge is 0.237 e. The van der Waals surface area contributed by atoms with Crippen molar-refractivity contribution in [3.8, 4) is 6.07 Å². The summed E-state index contributed by atoms with van der Waals surface area (Å²) in [6.45, 7) is 12.2. The molecule has 0 radical (unpaired) electrons. The molecule has 0 aromatic heterocycles. The topological polar surface area (TPSA) is 59.4 Å². The molecule has 0 spiro atoms. The van der Waals surface area contributed by atoms with Crippen LogP contribution < -0.4 is 5.32 Å². The fraction of sp³-hybridized carbons (Fsp3) is 0.875. The van der Waals surface area contributed by atoms with Crippen molar-refractivity contribution in [2.24, 2.45) is 0 Å². The van der Waals surface area contributed by atoms with Gasteiger partial charge in [0.15, 0.2) is 0 Å². The van der Waals surface area contributed by atoms with Crippen LogP contribution in [-0.4, -0.2) is 60.0 Å². The minimum absolute atomic E-state index is 0.0843. The molecule has 1 saturated heterocycles. The van der Waals surface area contributed by atoms with Gasteiger partial charge in [0.2, 0.25) is 5.91 Å². The summed E-state index contributed by atoms with van der Waals surface area (Å²) in [6, 6.07) is 2.26. The summed E-state index contributed by atoms with van der Waals surface area (Å²) < 4.78 is 0. The minimum atomic E-state index is -0.419. The lowest BCUT2D eigenvalue weighted by molar-refractivity contribution is -0.126. The second-order valence-electron chi connectivity index (χ2n) is 6.37. The monoisotopic (exact) mass is 294 g/mol. The molecule has 0 saturated carbocycles. The minimum Gasteiger partial charge on any atom is -0.355 e. The molecule has 1 rings (SSSR count). The number of carbonyl (C=O) groups excluding carboxylic acids is 1. The van der Waals surface area contributed by atoms with Gasteiger partial charge in [-0.2, -0.15) is 5.26 Å². The van der Waals surface area contributed by atoms with E-state index in [9.17, 15) is 10.1 Å². The number of hydrogen-bond donors (Lipinski definition) is 1. The van der Waals surface area contributed by atoms with Gasteiger partial charge >= 0.3 is 0 Å². The summed E-state index contributed by atoms with van der Waals surface area (Å²) in [4.78, 5) is 16.5. The molecule has 1 unspecified atom stereocenters. The Kier molecular flexibility index (Phi) is 7.13. The SMILES string of the molecule is CCCCCNC(=O)C(C)N1CCN(C(C)(C)C#N)CC1. The Bertz CT molecular complexity index is 367. The lowest BCUT2D eigenvalue weighted by Crippen LogP contribution is -2.58. The first kappa shape index (κ1) is 17.9. The average Bonchev–Trinajstić information content (AvgIpc) is 2.50. The molecular formula is C16H30N4O. The second-order valence-corrected chi connectivity index (χ2v) is 6.37. The highest BCUT2D eigenvalue weighted by molar-refractivity contribution is 5.81. The van der Waals surface area contributed by atoms with Crippen molar-refractivity contribution in [1.82, 2.24) is 15.1 Å². The van der Waals surface area contributed by atoms with Crippen molar-refractivity contribution in [1.29, 1.82) is 5.26 Å². The van der Waals surface area contributed by atoms with Crippen molar-refractivity contribution >= 4 is 5.91 Å². The molecule has 5 nitrogen and oxygen atoms in total. The molecule has 5 heteroatoms. The number of amides is 1. The third kappa shape index (κ3) is 5.29. The fourth-order valence-corrected chi connectivity index (χ4v) is 2.64. The molecule has 1 aliphatic heterocycles. The van der Waals surface area contributed by atoms with E-state index in [-0.39, 0.29) is 11.9 Å². The van der Waals surface area contributed by atoms with Crippen LogP contribution in [0.25, 0.3) is 0 Å². The first-order chi connectivity index (χ1) is 9.92. The Morgan fingerprint density at radius 1 is 1.29 bits per heavy atom. The van der Waals surface area contributed by atoms with E-state index in [1.165, 1.54) is 6.42 Å². The standard InChI is InChI=1S/C16H30N4O/c1-5-6-7-8-18-15(21)14(2)19-9-11-20(12-10-19)16(3,4)13-17/h14H,5-12H2,1-4H3,(H,18,21). The van der Waals surface area contributed by atoms with Crippen LogP contribution in [0.4, 0.5) is 0 Å². The number of hydrogen-bond acceptors (Lipinski definition) is 4. The highest BCUT2D eigenvalue weighted by atomic mass is 16.2. The molecule has 0 aromatic carbocycles. The zero-order valence-corrected chi connectivity index (χ0v) is 14.0. The number of unbranched alkanes of at least 4 members (excludes halogenated alkanes) is 2. The molecule has 0 aromatic rings. The van der Waals surface area contributed by atoms with Crippen LogP contribution in [0, 0.1) is 11.3 Å². The van der Waals surface area contributed by atoms with E-state index in [0.29, 0.717) is 0 Å². The maximum Gasteiger partial charge on any atom is 0.237 e. The Morgan fingerprint density at radius 2 is 1.90 bits per heavy atom. The zero-order chi connectivity index (χ0) is 15.9. The number of nitrogens with zero attached hydrogens (tertiary/aromatic N) is 3. The van der Waals surface area contributed by atoms with E-state index >= 15 is 0 Å². The molecule has 21 heavy (non-hydrogen) atoms. The summed E-state index contributed by atoms with van der Waals surface area (Å²) in [5, 5.41) is 12.2. The second kappa shape index (κ2) is 8.35. The summed E-state index contributed by atoms with van der Waals surface area (Å²) in [5.41, 5.74) is -0.419. The van der Waals surface area contributed by atoms with Gasteiger partial charge in [-0.25, -0.2) is 0 Å². The molecule has 1 atom stereocenters. The van der Waals surface area contributed by atoms with Crippen LogP contribution in [-0.2, 0) is 4.79 Å². The van der Waals surface area contributed by atoms with Gasteiger partial charge in [0.1, 0.15) is 5.54 Å². The summed E-state index contributed by atoms with van der Waals surface area (Å²) in [5.74, 6) is 0.124. The van der Waals surface area contributed by atoms with Crippen LogP contribution in [0.1, 0.15) is 47.0 Å². The first-order valence-corrected chi connectivity index (χ1v) is 8.10. The quantitative estimate of drug-likeness (QED) is 0.725. The number of nitriles is 1. The normalized spacial score (nSPS) is 19.0. The van der Waals surface area contributed by atoms with E-state index in [2.05, 4.69) is 28.1 Å². The molecule has 1 aliphatic rings. The molecule has 1 fully saturated rings. The van der Waals surface area contributed by atoms with Crippen LogP contribution >= 0.6 is 0 Å². The van der Waals surface area contributed by atoms with Gasteiger partial charge in [0, 0.05) is 32.7 Å². The largest absolute Gasteiger partial charge is 0.355 e. The molecule has 1 amide bonds. The summed E-state index contributed by atoms with van der Waals surface area (Å²) in [7, 11) is 0. The van der Waals surface area contributed by atoms with Gasteiger partial charge < -0.3 is 5.32 Å². The van der Waals surface area contributed by atoms with Gasteiger partial charge in [-0.1, -0.05) is 19.8 Å². The van der Waals surface area contributed by atoms with Crippen LogP contribution in [0.3, 0.4) is 0 Å². The van der Waals surface area contributed by atoms with Crippen molar-refractivity contribution in [2.75, 3.05) is 32.7 Å². The number of piperazine rings is 1. The Balaban J connectivity index is 2.36. The molecule has 0 bridgehead atoms. The molecular weight excluding hydrogens is 264 g/mol. The predicted octanol–water partition coefficient (Wildman–Crippen LogP) is 1.60. The van der Waals surface area contributed by atoms with Gasteiger partial charge in [-0.3, -0.25) is 14.6 Å². The van der Waals surface area contributed by atoms with E-state index in [4.69, 9.17) is 0 Å². The number of rotatable bonds is 7. The van der Waals surface area contributed by atoms with Crippen molar-refractivity contribution in [3.63, 3.8) is 0 Å². The number of carbonyl (C=O) groups is 1. The Morgan fingerprint density at radius 3 is 2.43 bits per heavy atom. The van der Waals surface area contributed by atoms with Crippen LogP contribution in [0.15, 0.2) is 0 Å². The van der Waals surface area contributed by atoms with Crippen molar-refractivity contribution in [3.05, 3.63) is 0 Å². The van der Waals surface area contributed by atoms with Gasteiger partial charge in [-0.15, -0.1) is 0 Å². The van der Waals surface area contributed by atoms with Crippen LogP contribution in [0.5, 0.6) is 0 Å². The third-order valence-corrected chi connectivity index (χ3v) is 4.39. The van der Waals surface area contributed by atoms with E-state index in [1.807, 2.05) is 20.8 Å². The van der Waals surface area contributed by atoms with Crippen molar-refractivity contribution in [2.45, 2.75) is 58.5 Å². The molecule has 120 valence electrons. The lowest BCUT2D eigenvalue weighted by Gasteiger charge is -2.42. The number of nitrogens with one attached hydrogen (secondary N) is 1. The maximum absolute atomic E-state index is 12.1. The Labute approximate surface area is 129 Å². The van der Waals surface area contributed by atoms with E-state index in [1.54, 1.807) is 0 Å². The first-order valence-electron chi connectivity index (χ1n) is 8.10. The summed E-state index contributed by atoms with van der Waals surface area (Å²) in [6.07, 6.45) is 3.39. The average molecular weight is 294 g/mol. The lowest BCUT2D eigenvalue weighted by atomic mass is 10.0. The highest BCUT2D eigenvalue weighted by Crippen LogP contribution is 2.17. The molecule has 0 aliphatic carbocycles. The fourth-order valence-electron chi connectivity index (χ4n) is 2.64. The Hall–Kier alpha value is -1.12. The van der Waals surface area contributed by atoms with Gasteiger partial charge in [0.05, 0.1) is 12.1 Å². The van der Waals surface area contributed by atoms with Crippen LogP contribution in [0.2, 0.25) is 0 Å². The van der Waals surface area contributed by atoms with Gasteiger partial charge in [0.25, 0.3) is 0 Å².